The van der Waals surface area contributed by atoms with Crippen LogP contribution < -0.4 is 15.9 Å². The maximum absolute atomic E-state index is 13.7. The lowest BCUT2D eigenvalue weighted by atomic mass is 10.0. The number of nitrogens with two attached hydrogens (primary N) is 1. The van der Waals surface area contributed by atoms with Crippen molar-refractivity contribution in [2.24, 2.45) is 15.9 Å². The molecule has 3 aromatic rings. The number of ether oxygens (including phenoxy) is 3. The van der Waals surface area contributed by atoms with E-state index in [0.29, 0.717) is 61.6 Å². The van der Waals surface area contributed by atoms with E-state index in [4.69, 9.17) is 25.0 Å². The summed E-state index contributed by atoms with van der Waals surface area (Å²) in [5.74, 6) is 6.22. The minimum absolute atomic E-state index is 0.104. The molecule has 4 heterocycles. The van der Waals surface area contributed by atoms with Crippen LogP contribution in [0.15, 0.2) is 40.8 Å². The molecule has 1 aliphatic heterocycles. The van der Waals surface area contributed by atoms with Crippen molar-refractivity contribution < 1.29 is 32.2 Å². The van der Waals surface area contributed by atoms with E-state index in [1.807, 2.05) is 20.8 Å². The third-order valence-electron chi connectivity index (χ3n) is 7.52. The van der Waals surface area contributed by atoms with E-state index >= 15 is 0 Å². The number of carbonyl (C=O) groups excluding carboxylic acids is 1. The molecule has 3 aromatic heterocycles. The standard InChI is InChI=1S/C32H40F3N9O4/c1-19(41-24-7-10-43(11-8-24)30(45)48-31(3,4)5)27(42-37)21-13-26(28-22(15-36)16-40-44(28)18-21)47-20(2)25-14-23(32(33,34)35)17-39-29(25)38-9-12-46-6/h13-14,16-18,20,24H,7-12,37H2,1-6H3,(H,38,39)/b41-19?,42-27+. The minimum atomic E-state index is -4.63. The Kier molecular flexibility index (Phi) is 11.1. The molecule has 0 spiro atoms. The van der Waals surface area contributed by atoms with Gasteiger partial charge in [-0.1, -0.05) is 0 Å². The van der Waals surface area contributed by atoms with E-state index in [1.165, 1.54) is 17.8 Å². The highest BCUT2D eigenvalue weighted by molar-refractivity contribution is 6.47. The first kappa shape index (κ1) is 35.9. The molecule has 1 fully saturated rings. The Morgan fingerprint density at radius 3 is 2.54 bits per heavy atom. The van der Waals surface area contributed by atoms with E-state index in [-0.39, 0.29) is 34.8 Å². The number of hydrogen-bond donors (Lipinski definition) is 2. The molecule has 0 radical (unpaired) electrons. The average Bonchev–Trinajstić information content (AvgIpc) is 3.44. The zero-order valence-corrected chi connectivity index (χ0v) is 27.8. The quantitative estimate of drug-likeness (QED) is 0.125. The number of fused-ring (bicyclic) bond motifs is 1. The van der Waals surface area contributed by atoms with Crippen LogP contribution in [0.3, 0.4) is 0 Å². The number of carbonyl (C=O) groups is 1. The van der Waals surface area contributed by atoms with Gasteiger partial charge in [0.15, 0.2) is 0 Å². The van der Waals surface area contributed by atoms with E-state index < -0.39 is 23.4 Å². The van der Waals surface area contributed by atoms with Crippen molar-refractivity contribution in [2.45, 2.75) is 71.4 Å². The number of methoxy groups -OCH3 is 1. The minimum Gasteiger partial charge on any atom is -0.484 e. The van der Waals surface area contributed by atoms with Crippen LogP contribution in [0.5, 0.6) is 5.75 Å². The van der Waals surface area contributed by atoms with Crippen LogP contribution in [-0.4, -0.2) is 82.0 Å². The van der Waals surface area contributed by atoms with Gasteiger partial charge in [-0.2, -0.15) is 28.6 Å². The number of hydrazone groups is 1. The summed E-state index contributed by atoms with van der Waals surface area (Å²) >= 11 is 0. The van der Waals surface area contributed by atoms with Crippen LogP contribution in [0.2, 0.25) is 0 Å². The van der Waals surface area contributed by atoms with Crippen molar-refractivity contribution in [2.75, 3.05) is 38.7 Å². The van der Waals surface area contributed by atoms with Crippen molar-refractivity contribution >= 4 is 28.9 Å². The van der Waals surface area contributed by atoms with Crippen molar-refractivity contribution in [1.82, 2.24) is 19.5 Å². The second kappa shape index (κ2) is 14.9. The molecule has 1 amide bonds. The van der Waals surface area contributed by atoms with Crippen LogP contribution >= 0.6 is 0 Å². The Hall–Kier alpha value is -4.91. The molecule has 1 atom stereocenters. The van der Waals surface area contributed by atoms with Gasteiger partial charge >= 0.3 is 12.3 Å². The van der Waals surface area contributed by atoms with Crippen LogP contribution in [0.1, 0.15) is 75.8 Å². The summed E-state index contributed by atoms with van der Waals surface area (Å²) < 4.78 is 59.3. The number of pyridine rings is 2. The molecule has 0 aliphatic carbocycles. The molecule has 3 N–H and O–H groups in total. The molecule has 1 aliphatic rings. The summed E-state index contributed by atoms with van der Waals surface area (Å²) in [5.41, 5.74) is 0.407. The summed E-state index contributed by atoms with van der Waals surface area (Å²) in [6.07, 6.45) is -1.02. The summed E-state index contributed by atoms with van der Waals surface area (Å²) in [5, 5.41) is 21.1. The number of nitrogens with zero attached hydrogens (tertiary/aromatic N) is 7. The van der Waals surface area contributed by atoms with Gasteiger partial charge < -0.3 is 30.3 Å². The second-order valence-electron chi connectivity index (χ2n) is 12.3. The third kappa shape index (κ3) is 8.71. The van der Waals surface area contributed by atoms with Crippen LogP contribution in [0, 0.1) is 11.3 Å². The van der Waals surface area contributed by atoms with E-state index in [2.05, 4.69) is 26.6 Å². The van der Waals surface area contributed by atoms with Gasteiger partial charge in [0.25, 0.3) is 0 Å². The van der Waals surface area contributed by atoms with Crippen molar-refractivity contribution in [1.29, 1.82) is 5.26 Å². The topological polar surface area (TPSA) is 165 Å². The number of piperidine rings is 1. The highest BCUT2D eigenvalue weighted by atomic mass is 19.4. The summed E-state index contributed by atoms with van der Waals surface area (Å²) in [7, 11) is 1.51. The summed E-state index contributed by atoms with van der Waals surface area (Å²) in [6, 6.07) is 4.55. The Labute approximate surface area is 276 Å². The predicted octanol–water partition coefficient (Wildman–Crippen LogP) is 5.34. The summed E-state index contributed by atoms with van der Waals surface area (Å²) in [4.78, 5) is 23.0. The van der Waals surface area contributed by atoms with E-state index in [1.54, 1.807) is 31.0 Å². The molecule has 0 saturated carbocycles. The molecular weight excluding hydrogens is 631 g/mol. The first-order valence-electron chi connectivity index (χ1n) is 15.3. The highest BCUT2D eigenvalue weighted by Crippen LogP contribution is 2.36. The van der Waals surface area contributed by atoms with E-state index in [9.17, 15) is 23.2 Å². The number of hydrogen-bond acceptors (Lipinski definition) is 11. The van der Waals surface area contributed by atoms with Crippen molar-refractivity contribution in [3.8, 4) is 11.8 Å². The van der Waals surface area contributed by atoms with E-state index in [0.717, 1.165) is 12.3 Å². The summed E-state index contributed by atoms with van der Waals surface area (Å²) in [6.45, 7) is 10.3. The highest BCUT2D eigenvalue weighted by Gasteiger charge is 2.33. The lowest BCUT2D eigenvalue weighted by molar-refractivity contribution is -0.137. The smallest absolute Gasteiger partial charge is 0.417 e. The zero-order chi connectivity index (χ0) is 35.2. The Balaban J connectivity index is 1.64. The zero-order valence-electron chi connectivity index (χ0n) is 27.8. The van der Waals surface area contributed by atoms with Gasteiger partial charge in [0.2, 0.25) is 0 Å². The maximum atomic E-state index is 13.7. The number of amides is 1. The van der Waals surface area contributed by atoms with Crippen LogP contribution in [0.4, 0.5) is 23.8 Å². The van der Waals surface area contributed by atoms with Gasteiger partial charge in [0.05, 0.1) is 30.1 Å². The van der Waals surface area contributed by atoms with Crippen LogP contribution in [0.25, 0.3) is 5.52 Å². The Bertz CT molecular complexity index is 1720. The fraction of sp³-hybridized carbons (Fsp3) is 0.500. The SMILES string of the molecule is COCCNc1ncc(C(F)(F)F)cc1C(C)Oc1cc(/C(=N/N)C(C)=NC2CCN(C(=O)OC(C)(C)C)CC2)cn2ncc(C#N)c12. The number of nitriles is 1. The lowest BCUT2D eigenvalue weighted by Gasteiger charge is -2.32. The lowest BCUT2D eigenvalue weighted by Crippen LogP contribution is -2.42. The third-order valence-corrected chi connectivity index (χ3v) is 7.52. The number of halogens is 3. The fourth-order valence-corrected chi connectivity index (χ4v) is 5.22. The number of alkyl halides is 3. The number of anilines is 1. The van der Waals surface area contributed by atoms with Crippen LogP contribution in [-0.2, 0) is 15.7 Å². The molecule has 16 heteroatoms. The maximum Gasteiger partial charge on any atom is 0.417 e. The molecule has 13 nitrogen and oxygen atoms in total. The number of nitrogens with one attached hydrogen (secondary N) is 1. The van der Waals surface area contributed by atoms with Gasteiger partial charge in [-0.3, -0.25) is 4.99 Å². The van der Waals surface area contributed by atoms with Gasteiger partial charge in [0, 0.05) is 50.3 Å². The largest absolute Gasteiger partial charge is 0.484 e. The Morgan fingerprint density at radius 1 is 1.23 bits per heavy atom. The molecule has 4 rings (SSSR count). The number of aromatic nitrogens is 3. The molecule has 48 heavy (non-hydrogen) atoms. The van der Waals surface area contributed by atoms with Crippen molar-refractivity contribution in [3.05, 3.63) is 53.0 Å². The van der Waals surface area contributed by atoms with Gasteiger partial charge in [-0.05, 0) is 59.6 Å². The van der Waals surface area contributed by atoms with Gasteiger partial charge in [0.1, 0.15) is 46.1 Å². The number of rotatable bonds is 10. The van der Waals surface area contributed by atoms with Gasteiger partial charge in [-0.25, -0.2) is 14.3 Å². The second-order valence-corrected chi connectivity index (χ2v) is 12.3. The molecule has 0 aromatic carbocycles. The average molecular weight is 672 g/mol. The molecule has 0 bridgehead atoms. The molecule has 1 unspecified atom stereocenters. The Morgan fingerprint density at radius 2 is 1.94 bits per heavy atom. The fourth-order valence-electron chi connectivity index (χ4n) is 5.22. The number of likely N-dealkylation sites (tertiary alicyclic amines) is 1. The normalized spacial score (nSPS) is 15.7. The number of aliphatic imine (C=N–C) groups is 1. The first-order valence-corrected chi connectivity index (χ1v) is 15.3. The molecular formula is C32H40F3N9O4. The molecule has 258 valence electrons. The predicted molar refractivity (Wildman–Crippen MR) is 173 cm³/mol. The monoisotopic (exact) mass is 671 g/mol. The molecule has 1 saturated heterocycles. The van der Waals surface area contributed by atoms with Crippen molar-refractivity contribution in [3.63, 3.8) is 0 Å². The first-order chi connectivity index (χ1) is 22.6. The van der Waals surface area contributed by atoms with Gasteiger partial charge in [-0.15, -0.1) is 0 Å².